The summed E-state index contributed by atoms with van der Waals surface area (Å²) in [5.74, 6) is 0. The van der Waals surface area contributed by atoms with Crippen LogP contribution in [-0.4, -0.2) is 12.2 Å². The van der Waals surface area contributed by atoms with Gasteiger partial charge in [-0.05, 0) is 25.0 Å². The van der Waals surface area contributed by atoms with Crippen molar-refractivity contribution in [3.8, 4) is 0 Å². The first kappa shape index (κ1) is 4.57. The average Bonchev–Trinajstić information content (AvgIpc) is 1.89. The van der Waals surface area contributed by atoms with Crippen LogP contribution < -0.4 is 0 Å². The van der Waals surface area contributed by atoms with Gasteiger partial charge in [0.05, 0.1) is 12.2 Å². The Bertz CT molecular complexity index is 136. The fourth-order valence-corrected chi connectivity index (χ4v) is 1.45. The smallest absolute Gasteiger partial charge is 0.0822 e. The summed E-state index contributed by atoms with van der Waals surface area (Å²) < 4.78 is 5.40. The van der Waals surface area contributed by atoms with Gasteiger partial charge in [0.25, 0.3) is 0 Å². The van der Waals surface area contributed by atoms with E-state index in [1.54, 1.807) is 0 Å². The molecule has 2 aliphatic heterocycles. The summed E-state index contributed by atoms with van der Waals surface area (Å²) >= 11 is 0. The highest BCUT2D eigenvalue weighted by Crippen LogP contribution is 2.41. The van der Waals surface area contributed by atoms with Crippen molar-refractivity contribution in [2.45, 2.75) is 32.5 Å². The molecule has 1 saturated heterocycles. The molecule has 1 nitrogen and oxygen atoms in total. The molecular formula is C7H10O. The van der Waals surface area contributed by atoms with E-state index in [0.717, 1.165) is 0 Å². The van der Waals surface area contributed by atoms with Crippen molar-refractivity contribution in [2.75, 3.05) is 0 Å². The van der Waals surface area contributed by atoms with Crippen LogP contribution in [0.3, 0.4) is 0 Å². The number of hydrogen-bond donors (Lipinski definition) is 0. The Kier molecular flexibility index (Phi) is 0.662. The summed E-state index contributed by atoms with van der Waals surface area (Å²) in [6.07, 6.45) is 2.29. The minimum Gasteiger partial charge on any atom is -0.366 e. The molecule has 1 fully saturated rings. The lowest BCUT2D eigenvalue weighted by Crippen LogP contribution is -2.29. The molecule has 0 aromatic heterocycles. The second kappa shape index (κ2) is 1.16. The molecular weight excluding hydrogens is 100 g/mol. The van der Waals surface area contributed by atoms with Crippen LogP contribution in [0, 0.1) is 0 Å². The van der Waals surface area contributed by atoms with Gasteiger partial charge in [0.2, 0.25) is 0 Å². The van der Waals surface area contributed by atoms with Crippen molar-refractivity contribution in [1.29, 1.82) is 0 Å². The summed E-state index contributed by atoms with van der Waals surface area (Å²) in [4.78, 5) is 0. The van der Waals surface area contributed by atoms with Gasteiger partial charge < -0.3 is 4.74 Å². The molecule has 0 aromatic rings. The van der Waals surface area contributed by atoms with Crippen LogP contribution in [0.2, 0.25) is 0 Å². The minimum absolute atomic E-state index is 0.514. The van der Waals surface area contributed by atoms with E-state index in [1.807, 2.05) is 0 Å². The van der Waals surface area contributed by atoms with Gasteiger partial charge in [-0.15, -0.1) is 0 Å². The molecule has 2 heterocycles. The summed E-state index contributed by atoms with van der Waals surface area (Å²) in [6, 6.07) is 0. The van der Waals surface area contributed by atoms with Crippen LogP contribution in [0.1, 0.15) is 20.3 Å². The van der Waals surface area contributed by atoms with Crippen molar-refractivity contribution in [1.82, 2.24) is 0 Å². The molecule has 0 saturated carbocycles. The Morgan fingerprint density at radius 3 is 1.75 bits per heavy atom. The van der Waals surface area contributed by atoms with Crippen molar-refractivity contribution >= 4 is 0 Å². The molecule has 0 N–H and O–H groups in total. The summed E-state index contributed by atoms with van der Waals surface area (Å²) in [5, 5.41) is 0. The van der Waals surface area contributed by atoms with E-state index in [-0.39, 0.29) is 0 Å². The molecule has 2 unspecified atom stereocenters. The highest BCUT2D eigenvalue weighted by atomic mass is 16.5. The van der Waals surface area contributed by atoms with E-state index in [4.69, 9.17) is 4.74 Å². The first-order valence-electron chi connectivity index (χ1n) is 3.12. The summed E-state index contributed by atoms with van der Waals surface area (Å²) in [7, 11) is 0. The van der Waals surface area contributed by atoms with Gasteiger partial charge in [0, 0.05) is 6.42 Å². The van der Waals surface area contributed by atoms with E-state index in [0.29, 0.717) is 12.2 Å². The molecule has 3 aliphatic rings. The van der Waals surface area contributed by atoms with Gasteiger partial charge in [-0.1, -0.05) is 0 Å². The number of hydrogen-bond acceptors (Lipinski definition) is 1. The maximum atomic E-state index is 5.40. The molecule has 8 heavy (non-hydrogen) atoms. The molecule has 0 amide bonds. The SMILES string of the molecule is CC1=C(C)C2CC1O2. The maximum Gasteiger partial charge on any atom is 0.0822 e. The van der Waals surface area contributed by atoms with E-state index < -0.39 is 0 Å². The van der Waals surface area contributed by atoms with Gasteiger partial charge in [-0.2, -0.15) is 0 Å². The fourth-order valence-electron chi connectivity index (χ4n) is 1.45. The van der Waals surface area contributed by atoms with Crippen molar-refractivity contribution < 1.29 is 4.74 Å². The highest BCUT2D eigenvalue weighted by Gasteiger charge is 2.40. The Morgan fingerprint density at radius 1 is 1.25 bits per heavy atom. The Morgan fingerprint density at radius 2 is 1.62 bits per heavy atom. The van der Waals surface area contributed by atoms with Gasteiger partial charge in [-0.25, -0.2) is 0 Å². The number of ether oxygens (including phenoxy) is 1. The first-order valence-corrected chi connectivity index (χ1v) is 3.12. The zero-order valence-corrected chi connectivity index (χ0v) is 5.27. The molecule has 2 atom stereocenters. The third-order valence-corrected chi connectivity index (χ3v) is 2.34. The Balaban J connectivity index is 2.36. The topological polar surface area (TPSA) is 9.23 Å². The molecule has 0 radical (unpaired) electrons. The van der Waals surface area contributed by atoms with Crippen LogP contribution in [0.15, 0.2) is 11.1 Å². The van der Waals surface area contributed by atoms with Crippen molar-refractivity contribution in [3.05, 3.63) is 11.1 Å². The van der Waals surface area contributed by atoms with E-state index in [2.05, 4.69) is 13.8 Å². The monoisotopic (exact) mass is 110 g/mol. The molecule has 0 spiro atoms. The minimum atomic E-state index is 0.514. The molecule has 44 valence electrons. The lowest BCUT2D eigenvalue weighted by Gasteiger charge is -2.26. The summed E-state index contributed by atoms with van der Waals surface area (Å²) in [6.45, 7) is 4.35. The third-order valence-electron chi connectivity index (χ3n) is 2.34. The highest BCUT2D eigenvalue weighted by molar-refractivity contribution is 5.30. The van der Waals surface area contributed by atoms with Crippen molar-refractivity contribution in [3.63, 3.8) is 0 Å². The van der Waals surface area contributed by atoms with Gasteiger partial charge in [-0.3, -0.25) is 0 Å². The molecule has 2 bridgehead atoms. The quantitative estimate of drug-likeness (QED) is 0.429. The van der Waals surface area contributed by atoms with E-state index in [9.17, 15) is 0 Å². The Labute approximate surface area is 49.3 Å². The summed E-state index contributed by atoms with van der Waals surface area (Å²) in [5.41, 5.74) is 2.96. The largest absolute Gasteiger partial charge is 0.366 e. The van der Waals surface area contributed by atoms with Crippen LogP contribution in [0.4, 0.5) is 0 Å². The maximum absolute atomic E-state index is 5.40. The van der Waals surface area contributed by atoms with E-state index >= 15 is 0 Å². The van der Waals surface area contributed by atoms with Crippen LogP contribution in [0.25, 0.3) is 0 Å². The number of rotatable bonds is 0. The average molecular weight is 110 g/mol. The molecule has 1 aliphatic carbocycles. The van der Waals surface area contributed by atoms with E-state index in [1.165, 1.54) is 17.6 Å². The molecule has 0 aromatic carbocycles. The normalized spacial score (nSPS) is 42.8. The van der Waals surface area contributed by atoms with Crippen molar-refractivity contribution in [2.24, 2.45) is 0 Å². The molecule has 1 heteroatoms. The predicted octanol–water partition coefficient (Wildman–Crippen LogP) is 1.49. The van der Waals surface area contributed by atoms with Gasteiger partial charge >= 0.3 is 0 Å². The predicted molar refractivity (Wildman–Crippen MR) is 31.7 cm³/mol. The van der Waals surface area contributed by atoms with Crippen LogP contribution in [0.5, 0.6) is 0 Å². The first-order chi connectivity index (χ1) is 3.79. The second-order valence-electron chi connectivity index (χ2n) is 2.72. The zero-order valence-electron chi connectivity index (χ0n) is 5.27. The lowest BCUT2D eigenvalue weighted by molar-refractivity contribution is -0.0566. The zero-order chi connectivity index (χ0) is 5.72. The molecule has 3 rings (SSSR count). The fraction of sp³-hybridized carbons (Fsp3) is 0.714. The van der Waals surface area contributed by atoms with Crippen LogP contribution >= 0.6 is 0 Å². The van der Waals surface area contributed by atoms with Gasteiger partial charge in [0.1, 0.15) is 0 Å². The standard InChI is InChI=1S/C7H10O/c1-4-5(2)7-3-6(4)8-7/h6-7H,3H2,1-2H3. The second-order valence-corrected chi connectivity index (χ2v) is 2.72. The van der Waals surface area contributed by atoms with Gasteiger partial charge in [0.15, 0.2) is 0 Å². The van der Waals surface area contributed by atoms with Crippen LogP contribution in [-0.2, 0) is 4.74 Å². The lowest BCUT2D eigenvalue weighted by atomic mass is 10.1. The third kappa shape index (κ3) is 0.324. The Hall–Kier alpha value is -0.300.